The Morgan fingerprint density at radius 2 is 2.12 bits per heavy atom. The summed E-state index contributed by atoms with van der Waals surface area (Å²) in [6.45, 7) is 6.89. The van der Waals surface area contributed by atoms with E-state index in [1.807, 2.05) is 19.9 Å². The molecular formula is C19H25N3O4. The molecule has 1 saturated heterocycles. The Morgan fingerprint density at radius 1 is 1.35 bits per heavy atom. The first-order valence-electron chi connectivity index (χ1n) is 9.07. The van der Waals surface area contributed by atoms with Crippen molar-refractivity contribution in [3.63, 3.8) is 0 Å². The highest BCUT2D eigenvalue weighted by atomic mass is 16.5. The van der Waals surface area contributed by atoms with Gasteiger partial charge in [0.15, 0.2) is 6.10 Å². The summed E-state index contributed by atoms with van der Waals surface area (Å²) in [6, 6.07) is 4.99. The SMILES string of the molecule is CC(C)CNC(=O)[C@H](C)OC(=O)c1ccc2c(c1)NC(=O)[C@H]1CCCN21. The molecule has 0 aliphatic carbocycles. The van der Waals surface area contributed by atoms with Crippen molar-refractivity contribution in [2.75, 3.05) is 23.3 Å². The summed E-state index contributed by atoms with van der Waals surface area (Å²) in [5.41, 5.74) is 1.84. The molecule has 1 aromatic rings. The number of carbonyl (C=O) groups is 3. The molecule has 7 heteroatoms. The van der Waals surface area contributed by atoms with Crippen LogP contribution < -0.4 is 15.5 Å². The number of nitrogens with one attached hydrogen (secondary N) is 2. The second-order valence-corrected chi connectivity index (χ2v) is 7.26. The van der Waals surface area contributed by atoms with E-state index in [0.717, 1.165) is 25.1 Å². The van der Waals surface area contributed by atoms with Gasteiger partial charge in [0.1, 0.15) is 6.04 Å². The molecule has 2 amide bonds. The van der Waals surface area contributed by atoms with E-state index in [0.29, 0.717) is 23.7 Å². The van der Waals surface area contributed by atoms with Crippen LogP contribution in [0.15, 0.2) is 18.2 Å². The van der Waals surface area contributed by atoms with Gasteiger partial charge in [0.25, 0.3) is 5.91 Å². The minimum Gasteiger partial charge on any atom is -0.449 e. The Bertz CT molecular complexity index is 731. The second-order valence-electron chi connectivity index (χ2n) is 7.26. The Labute approximate surface area is 153 Å². The van der Waals surface area contributed by atoms with E-state index < -0.39 is 12.1 Å². The average Bonchev–Trinajstić information content (AvgIpc) is 3.09. The Balaban J connectivity index is 1.68. The van der Waals surface area contributed by atoms with E-state index in [4.69, 9.17) is 4.74 Å². The van der Waals surface area contributed by atoms with Crippen molar-refractivity contribution in [2.45, 2.75) is 45.8 Å². The first-order chi connectivity index (χ1) is 12.4. The second kappa shape index (κ2) is 7.35. The van der Waals surface area contributed by atoms with Crippen LogP contribution in [-0.2, 0) is 14.3 Å². The van der Waals surface area contributed by atoms with E-state index in [1.54, 1.807) is 19.1 Å². The maximum Gasteiger partial charge on any atom is 0.338 e. The standard InChI is InChI=1S/C19H25N3O4/c1-11(2)10-20-17(23)12(3)26-19(25)13-6-7-15-14(9-13)21-18(24)16-5-4-8-22(15)16/h6-7,9,11-12,16H,4-5,8,10H2,1-3H3,(H,20,23)(H,21,24)/t12-,16+/m0/s1. The van der Waals surface area contributed by atoms with Crippen molar-refractivity contribution in [3.05, 3.63) is 23.8 Å². The van der Waals surface area contributed by atoms with E-state index in [9.17, 15) is 14.4 Å². The van der Waals surface area contributed by atoms with Gasteiger partial charge in [-0.2, -0.15) is 0 Å². The van der Waals surface area contributed by atoms with Gasteiger partial charge in [-0.05, 0) is 43.9 Å². The van der Waals surface area contributed by atoms with Crippen molar-refractivity contribution < 1.29 is 19.1 Å². The largest absolute Gasteiger partial charge is 0.449 e. The quantitative estimate of drug-likeness (QED) is 0.785. The Morgan fingerprint density at radius 3 is 2.85 bits per heavy atom. The molecule has 2 heterocycles. The molecular weight excluding hydrogens is 334 g/mol. The molecule has 1 fully saturated rings. The third kappa shape index (κ3) is 3.66. The Hall–Kier alpha value is -2.57. The maximum atomic E-state index is 12.4. The van der Waals surface area contributed by atoms with Crippen molar-refractivity contribution in [3.8, 4) is 0 Å². The number of fused-ring (bicyclic) bond motifs is 3. The molecule has 0 bridgehead atoms. The zero-order chi connectivity index (χ0) is 18.8. The summed E-state index contributed by atoms with van der Waals surface area (Å²) in [5.74, 6) is -0.626. The fourth-order valence-corrected chi connectivity index (χ4v) is 3.29. The van der Waals surface area contributed by atoms with E-state index in [-0.39, 0.29) is 17.9 Å². The molecule has 3 rings (SSSR count). The normalized spacial score (nSPS) is 19.5. The molecule has 0 aromatic heterocycles. The number of benzene rings is 1. The summed E-state index contributed by atoms with van der Waals surface area (Å²) in [6.07, 6.45) is 0.942. The van der Waals surface area contributed by atoms with Crippen molar-refractivity contribution >= 4 is 29.2 Å². The van der Waals surface area contributed by atoms with Crippen molar-refractivity contribution in [1.82, 2.24) is 5.32 Å². The molecule has 2 aliphatic heterocycles. The Kier molecular flexibility index (Phi) is 5.15. The topological polar surface area (TPSA) is 87.7 Å². The monoisotopic (exact) mass is 359 g/mol. The van der Waals surface area contributed by atoms with Gasteiger partial charge < -0.3 is 20.3 Å². The third-order valence-electron chi connectivity index (χ3n) is 4.69. The molecule has 2 atom stereocenters. The number of amides is 2. The number of nitrogens with zero attached hydrogens (tertiary/aromatic N) is 1. The molecule has 26 heavy (non-hydrogen) atoms. The van der Waals surface area contributed by atoms with Gasteiger partial charge in [-0.1, -0.05) is 13.8 Å². The number of esters is 1. The van der Waals surface area contributed by atoms with Gasteiger partial charge in [0.2, 0.25) is 5.91 Å². The number of rotatable bonds is 5. The summed E-state index contributed by atoms with van der Waals surface area (Å²) >= 11 is 0. The third-order valence-corrected chi connectivity index (χ3v) is 4.69. The zero-order valence-corrected chi connectivity index (χ0v) is 15.4. The molecule has 2 N–H and O–H groups in total. The molecule has 2 aliphatic rings. The van der Waals surface area contributed by atoms with Crippen LogP contribution in [-0.4, -0.2) is 43.0 Å². The first kappa shape index (κ1) is 18.2. The average molecular weight is 359 g/mol. The summed E-state index contributed by atoms with van der Waals surface area (Å²) in [4.78, 5) is 38.6. The lowest BCUT2D eigenvalue weighted by atomic mass is 10.1. The van der Waals surface area contributed by atoms with Crippen LogP contribution in [0, 0.1) is 5.92 Å². The van der Waals surface area contributed by atoms with Gasteiger partial charge in [-0.3, -0.25) is 9.59 Å². The fourth-order valence-electron chi connectivity index (χ4n) is 3.29. The highest BCUT2D eigenvalue weighted by molar-refractivity contribution is 6.05. The van der Waals surface area contributed by atoms with Gasteiger partial charge in [0, 0.05) is 13.1 Å². The van der Waals surface area contributed by atoms with Gasteiger partial charge >= 0.3 is 5.97 Å². The maximum absolute atomic E-state index is 12.4. The van der Waals surface area contributed by atoms with Gasteiger partial charge in [-0.25, -0.2) is 4.79 Å². The fraction of sp³-hybridized carbons (Fsp3) is 0.526. The van der Waals surface area contributed by atoms with E-state index >= 15 is 0 Å². The van der Waals surface area contributed by atoms with Crippen LogP contribution in [0.25, 0.3) is 0 Å². The van der Waals surface area contributed by atoms with Gasteiger partial charge in [0.05, 0.1) is 16.9 Å². The van der Waals surface area contributed by atoms with E-state index in [2.05, 4.69) is 15.5 Å². The number of carbonyl (C=O) groups excluding carboxylic acids is 3. The van der Waals surface area contributed by atoms with Crippen molar-refractivity contribution in [1.29, 1.82) is 0 Å². The lowest BCUT2D eigenvalue weighted by molar-refractivity contribution is -0.129. The van der Waals surface area contributed by atoms with Crippen LogP contribution in [0.1, 0.15) is 44.0 Å². The molecule has 1 aromatic carbocycles. The molecule has 0 unspecified atom stereocenters. The summed E-state index contributed by atoms with van der Waals surface area (Å²) in [7, 11) is 0. The molecule has 140 valence electrons. The highest BCUT2D eigenvalue weighted by Crippen LogP contribution is 2.37. The minimum atomic E-state index is -0.880. The van der Waals surface area contributed by atoms with E-state index in [1.165, 1.54) is 0 Å². The number of anilines is 2. The first-order valence-corrected chi connectivity index (χ1v) is 9.07. The molecule has 0 spiro atoms. The van der Waals surface area contributed by atoms with Crippen molar-refractivity contribution in [2.24, 2.45) is 5.92 Å². The van der Waals surface area contributed by atoms with Crippen LogP contribution in [0.4, 0.5) is 11.4 Å². The summed E-state index contributed by atoms with van der Waals surface area (Å²) in [5, 5.41) is 5.61. The number of ether oxygens (including phenoxy) is 1. The van der Waals surface area contributed by atoms with Crippen LogP contribution in [0.5, 0.6) is 0 Å². The predicted octanol–water partition coefficient (Wildman–Crippen LogP) is 1.92. The molecule has 0 radical (unpaired) electrons. The van der Waals surface area contributed by atoms with Crippen LogP contribution in [0.2, 0.25) is 0 Å². The highest BCUT2D eigenvalue weighted by Gasteiger charge is 2.36. The van der Waals surface area contributed by atoms with Crippen LogP contribution in [0.3, 0.4) is 0 Å². The lowest BCUT2D eigenvalue weighted by Gasteiger charge is -2.33. The number of hydrogen-bond donors (Lipinski definition) is 2. The van der Waals surface area contributed by atoms with Crippen LogP contribution >= 0.6 is 0 Å². The number of hydrogen-bond acceptors (Lipinski definition) is 5. The minimum absolute atomic E-state index is 0.0399. The lowest BCUT2D eigenvalue weighted by Crippen LogP contribution is -2.44. The smallest absolute Gasteiger partial charge is 0.338 e. The molecule has 0 saturated carbocycles. The summed E-state index contributed by atoms with van der Waals surface area (Å²) < 4.78 is 5.26. The molecule has 7 nitrogen and oxygen atoms in total. The zero-order valence-electron chi connectivity index (χ0n) is 15.4. The predicted molar refractivity (Wildman–Crippen MR) is 98.2 cm³/mol. The van der Waals surface area contributed by atoms with Gasteiger partial charge in [-0.15, -0.1) is 0 Å².